The fraction of sp³-hybridized carbons (Fsp3) is 0.600. The Morgan fingerprint density at radius 1 is 1.37 bits per heavy atom. The minimum atomic E-state index is 0.556. The molecule has 1 unspecified atom stereocenters. The second-order valence-corrected chi connectivity index (χ2v) is 6.47. The zero-order valence-electron chi connectivity index (χ0n) is 11.6. The number of hydrogen-bond acceptors (Lipinski definition) is 2. The zero-order chi connectivity index (χ0) is 13.8. The first-order chi connectivity index (χ1) is 9.06. The molecule has 1 aromatic carbocycles. The Hall–Kier alpha value is -0.280. The molecule has 1 fully saturated rings. The van der Waals surface area contributed by atoms with Gasteiger partial charge in [0.25, 0.3) is 0 Å². The van der Waals surface area contributed by atoms with Crippen LogP contribution in [0.4, 0.5) is 0 Å². The van der Waals surface area contributed by atoms with E-state index in [4.69, 9.17) is 23.2 Å². The van der Waals surface area contributed by atoms with Gasteiger partial charge in [-0.05, 0) is 49.2 Å². The molecule has 1 aromatic rings. The smallest absolute Gasteiger partial charge is 0.0452 e. The first-order valence-corrected chi connectivity index (χ1v) is 7.71. The monoisotopic (exact) mass is 300 g/mol. The third kappa shape index (κ3) is 4.35. The molecule has 1 atom stereocenters. The Balaban J connectivity index is 2.06. The molecule has 1 N–H and O–H groups in total. The molecule has 19 heavy (non-hydrogen) atoms. The molecule has 1 aliphatic rings. The number of nitrogens with zero attached hydrogens (tertiary/aromatic N) is 1. The van der Waals surface area contributed by atoms with Crippen molar-refractivity contribution >= 4 is 23.2 Å². The molecule has 4 heteroatoms. The highest BCUT2D eigenvalue weighted by molar-refractivity contribution is 6.33. The van der Waals surface area contributed by atoms with E-state index < -0.39 is 0 Å². The average molecular weight is 301 g/mol. The van der Waals surface area contributed by atoms with Crippen LogP contribution in [0, 0.1) is 5.92 Å². The van der Waals surface area contributed by atoms with Crippen molar-refractivity contribution in [2.24, 2.45) is 5.92 Å². The van der Waals surface area contributed by atoms with Gasteiger partial charge in [0.1, 0.15) is 0 Å². The molecule has 0 amide bonds. The van der Waals surface area contributed by atoms with E-state index in [-0.39, 0.29) is 0 Å². The summed E-state index contributed by atoms with van der Waals surface area (Å²) in [5, 5.41) is 5.19. The first-order valence-electron chi connectivity index (χ1n) is 6.96. The summed E-state index contributed by atoms with van der Waals surface area (Å²) in [6.07, 6.45) is 1.18. The SMILES string of the molecule is CC(C)C1CN(Cc2cc(Cl)ccc2Cl)CCCN1. The summed E-state index contributed by atoms with van der Waals surface area (Å²) in [5.74, 6) is 0.649. The van der Waals surface area contributed by atoms with Gasteiger partial charge >= 0.3 is 0 Å². The van der Waals surface area contributed by atoms with Crippen LogP contribution in [-0.4, -0.2) is 30.6 Å². The van der Waals surface area contributed by atoms with Crippen LogP contribution in [-0.2, 0) is 6.54 Å². The van der Waals surface area contributed by atoms with E-state index in [1.165, 1.54) is 6.42 Å². The Bertz CT molecular complexity index is 421. The van der Waals surface area contributed by atoms with Gasteiger partial charge in [-0.1, -0.05) is 37.0 Å². The van der Waals surface area contributed by atoms with Crippen molar-refractivity contribution < 1.29 is 0 Å². The third-order valence-corrected chi connectivity index (χ3v) is 4.32. The topological polar surface area (TPSA) is 15.3 Å². The molecule has 0 bridgehead atoms. The van der Waals surface area contributed by atoms with Crippen LogP contribution < -0.4 is 5.32 Å². The molecule has 0 radical (unpaired) electrons. The van der Waals surface area contributed by atoms with Gasteiger partial charge in [0.15, 0.2) is 0 Å². The van der Waals surface area contributed by atoms with Gasteiger partial charge in [-0.3, -0.25) is 4.90 Å². The molecular weight excluding hydrogens is 279 g/mol. The standard InChI is InChI=1S/C15H22Cl2N2/c1-11(2)15-10-19(7-3-6-18-15)9-12-8-13(16)4-5-14(12)17/h4-5,8,11,15,18H,3,6-7,9-10H2,1-2H3. The van der Waals surface area contributed by atoms with Crippen molar-refractivity contribution in [1.82, 2.24) is 10.2 Å². The van der Waals surface area contributed by atoms with Crippen molar-refractivity contribution in [2.75, 3.05) is 19.6 Å². The molecule has 0 spiro atoms. The third-order valence-electron chi connectivity index (χ3n) is 3.72. The highest BCUT2D eigenvalue weighted by atomic mass is 35.5. The summed E-state index contributed by atoms with van der Waals surface area (Å²) in [5.41, 5.74) is 1.12. The van der Waals surface area contributed by atoms with Crippen LogP contribution in [0.2, 0.25) is 10.0 Å². The van der Waals surface area contributed by atoms with E-state index in [1.54, 1.807) is 0 Å². The van der Waals surface area contributed by atoms with Crippen LogP contribution in [0.15, 0.2) is 18.2 Å². The van der Waals surface area contributed by atoms with Crippen LogP contribution in [0.25, 0.3) is 0 Å². The molecule has 106 valence electrons. The van der Waals surface area contributed by atoms with E-state index >= 15 is 0 Å². The van der Waals surface area contributed by atoms with Crippen LogP contribution in [0.5, 0.6) is 0 Å². The van der Waals surface area contributed by atoms with E-state index in [9.17, 15) is 0 Å². The number of rotatable bonds is 3. The largest absolute Gasteiger partial charge is 0.312 e. The summed E-state index contributed by atoms with van der Waals surface area (Å²) in [6.45, 7) is 8.70. The summed E-state index contributed by atoms with van der Waals surface area (Å²) >= 11 is 12.3. The summed E-state index contributed by atoms with van der Waals surface area (Å²) in [7, 11) is 0. The van der Waals surface area contributed by atoms with E-state index in [0.29, 0.717) is 12.0 Å². The Labute approximate surface area is 126 Å². The lowest BCUT2D eigenvalue weighted by Gasteiger charge is -2.27. The van der Waals surface area contributed by atoms with Gasteiger partial charge in [0.2, 0.25) is 0 Å². The molecule has 1 heterocycles. The molecule has 1 saturated heterocycles. The second-order valence-electron chi connectivity index (χ2n) is 5.63. The summed E-state index contributed by atoms with van der Waals surface area (Å²) < 4.78 is 0. The lowest BCUT2D eigenvalue weighted by molar-refractivity contribution is 0.238. The average Bonchev–Trinajstić information content (AvgIpc) is 2.59. The van der Waals surface area contributed by atoms with Gasteiger partial charge in [0.05, 0.1) is 0 Å². The highest BCUT2D eigenvalue weighted by Crippen LogP contribution is 2.23. The van der Waals surface area contributed by atoms with Crippen LogP contribution in [0.1, 0.15) is 25.8 Å². The van der Waals surface area contributed by atoms with E-state index in [2.05, 4.69) is 24.1 Å². The van der Waals surface area contributed by atoms with Gasteiger partial charge in [-0.2, -0.15) is 0 Å². The predicted octanol–water partition coefficient (Wildman–Crippen LogP) is 3.81. The molecule has 2 rings (SSSR count). The summed E-state index contributed by atoms with van der Waals surface area (Å²) in [4.78, 5) is 2.47. The van der Waals surface area contributed by atoms with Crippen molar-refractivity contribution in [3.63, 3.8) is 0 Å². The molecule has 2 nitrogen and oxygen atoms in total. The van der Waals surface area contributed by atoms with Crippen molar-refractivity contribution in [1.29, 1.82) is 0 Å². The highest BCUT2D eigenvalue weighted by Gasteiger charge is 2.20. The zero-order valence-corrected chi connectivity index (χ0v) is 13.1. The van der Waals surface area contributed by atoms with Gasteiger partial charge in [0, 0.05) is 29.2 Å². The molecule has 1 aliphatic heterocycles. The van der Waals surface area contributed by atoms with Crippen molar-refractivity contribution in [2.45, 2.75) is 32.9 Å². The van der Waals surface area contributed by atoms with Gasteiger partial charge in [-0.15, -0.1) is 0 Å². The minimum Gasteiger partial charge on any atom is -0.312 e. The quantitative estimate of drug-likeness (QED) is 0.913. The van der Waals surface area contributed by atoms with E-state index in [1.807, 2.05) is 18.2 Å². The second kappa shape index (κ2) is 6.94. The Morgan fingerprint density at radius 3 is 2.89 bits per heavy atom. The Morgan fingerprint density at radius 2 is 2.16 bits per heavy atom. The fourth-order valence-electron chi connectivity index (χ4n) is 2.52. The molecular formula is C15H22Cl2N2. The van der Waals surface area contributed by atoms with Gasteiger partial charge < -0.3 is 5.32 Å². The van der Waals surface area contributed by atoms with E-state index in [0.717, 1.165) is 41.8 Å². The normalized spacial score (nSPS) is 21.6. The summed E-state index contributed by atoms with van der Waals surface area (Å²) in [6, 6.07) is 6.26. The predicted molar refractivity (Wildman–Crippen MR) is 83.0 cm³/mol. The fourth-order valence-corrected chi connectivity index (χ4v) is 2.89. The minimum absolute atomic E-state index is 0.556. The number of halogens is 2. The molecule has 0 saturated carbocycles. The number of hydrogen-bond donors (Lipinski definition) is 1. The number of nitrogens with one attached hydrogen (secondary N) is 1. The lowest BCUT2D eigenvalue weighted by atomic mass is 10.0. The van der Waals surface area contributed by atoms with Crippen LogP contribution in [0.3, 0.4) is 0 Å². The van der Waals surface area contributed by atoms with Gasteiger partial charge in [-0.25, -0.2) is 0 Å². The van der Waals surface area contributed by atoms with Crippen molar-refractivity contribution in [3.05, 3.63) is 33.8 Å². The maximum atomic E-state index is 6.25. The molecule has 0 aromatic heterocycles. The number of benzene rings is 1. The maximum Gasteiger partial charge on any atom is 0.0452 e. The lowest BCUT2D eigenvalue weighted by Crippen LogP contribution is -2.41. The Kier molecular flexibility index (Phi) is 5.52. The van der Waals surface area contributed by atoms with Crippen molar-refractivity contribution in [3.8, 4) is 0 Å². The maximum absolute atomic E-state index is 6.25. The molecule has 0 aliphatic carbocycles. The first kappa shape index (κ1) is 15.1. The van der Waals surface area contributed by atoms with Crippen LogP contribution >= 0.6 is 23.2 Å².